The molecule has 2 amide bonds. The van der Waals surface area contributed by atoms with Gasteiger partial charge >= 0.3 is 0 Å². The summed E-state index contributed by atoms with van der Waals surface area (Å²) in [6.45, 7) is 4.34. The van der Waals surface area contributed by atoms with Crippen molar-refractivity contribution in [3.63, 3.8) is 0 Å². The highest BCUT2D eigenvalue weighted by molar-refractivity contribution is 6.01. The van der Waals surface area contributed by atoms with E-state index in [4.69, 9.17) is 0 Å². The molecule has 1 saturated heterocycles. The zero-order chi connectivity index (χ0) is 20.2. The highest BCUT2D eigenvalue weighted by atomic mass is 16.2. The first-order valence-corrected chi connectivity index (χ1v) is 9.81. The average Bonchev–Trinajstić information content (AvgIpc) is 3.11. The van der Waals surface area contributed by atoms with Crippen molar-refractivity contribution in [2.45, 2.75) is 25.8 Å². The highest BCUT2D eigenvalue weighted by Crippen LogP contribution is 2.41. The molecule has 3 aromatic rings. The second-order valence-corrected chi connectivity index (χ2v) is 7.91. The van der Waals surface area contributed by atoms with Gasteiger partial charge in [0.1, 0.15) is 6.54 Å². The number of benzene rings is 2. The van der Waals surface area contributed by atoms with Gasteiger partial charge in [0.25, 0.3) is 5.91 Å². The standard InChI is InChI=1S/C23H22N4O2/c1-15-7-9-16(10-8-15)13-24-27-14-20(28)26-12-11-18-17-5-3-4-6-19(17)25-21(18)23(26,2)22(27)29/h3-10,13,25H,11-12,14H2,1-2H3/b24-13-/t23-/m0/s1. The van der Waals surface area contributed by atoms with Crippen molar-refractivity contribution in [1.29, 1.82) is 0 Å². The number of carbonyl (C=O) groups excluding carboxylic acids is 2. The Bertz CT molecular complexity index is 1160. The number of nitrogens with one attached hydrogen (secondary N) is 1. The quantitative estimate of drug-likeness (QED) is 0.688. The lowest BCUT2D eigenvalue weighted by atomic mass is 9.83. The molecule has 2 aliphatic heterocycles. The molecule has 6 heteroatoms. The Kier molecular flexibility index (Phi) is 3.84. The lowest BCUT2D eigenvalue weighted by molar-refractivity contribution is -0.165. The predicted octanol–water partition coefficient (Wildman–Crippen LogP) is 2.95. The summed E-state index contributed by atoms with van der Waals surface area (Å²) in [4.78, 5) is 31.6. The lowest BCUT2D eigenvalue weighted by Gasteiger charge is -2.48. The third-order valence-electron chi connectivity index (χ3n) is 6.09. The van der Waals surface area contributed by atoms with Gasteiger partial charge in [-0.3, -0.25) is 9.59 Å². The molecule has 0 unspecified atom stereocenters. The van der Waals surface area contributed by atoms with Gasteiger partial charge in [-0.05, 0) is 37.5 Å². The zero-order valence-electron chi connectivity index (χ0n) is 16.5. The Morgan fingerprint density at radius 2 is 1.86 bits per heavy atom. The van der Waals surface area contributed by atoms with Crippen molar-refractivity contribution >= 4 is 28.9 Å². The Labute approximate surface area is 168 Å². The molecule has 1 atom stereocenters. The van der Waals surface area contributed by atoms with Crippen molar-refractivity contribution in [3.05, 3.63) is 70.9 Å². The summed E-state index contributed by atoms with van der Waals surface area (Å²) < 4.78 is 0. The van der Waals surface area contributed by atoms with Crippen LogP contribution in [0.2, 0.25) is 0 Å². The molecule has 0 radical (unpaired) electrons. The van der Waals surface area contributed by atoms with Gasteiger partial charge in [0.15, 0.2) is 5.54 Å². The molecule has 0 saturated carbocycles. The molecule has 0 bridgehead atoms. The Morgan fingerprint density at radius 1 is 1.10 bits per heavy atom. The number of piperazine rings is 1. The monoisotopic (exact) mass is 386 g/mol. The molecule has 146 valence electrons. The number of rotatable bonds is 2. The number of hydrazone groups is 1. The van der Waals surface area contributed by atoms with Gasteiger partial charge in [-0.2, -0.15) is 5.10 Å². The van der Waals surface area contributed by atoms with Crippen molar-refractivity contribution < 1.29 is 9.59 Å². The van der Waals surface area contributed by atoms with Crippen molar-refractivity contribution in [3.8, 4) is 0 Å². The van der Waals surface area contributed by atoms with E-state index in [0.717, 1.165) is 39.7 Å². The molecule has 0 spiro atoms. The van der Waals surface area contributed by atoms with Crippen LogP contribution in [0.15, 0.2) is 53.6 Å². The number of H-pyrrole nitrogens is 1. The van der Waals surface area contributed by atoms with Gasteiger partial charge in [-0.1, -0.05) is 48.0 Å². The summed E-state index contributed by atoms with van der Waals surface area (Å²) in [6, 6.07) is 15.9. The van der Waals surface area contributed by atoms with E-state index < -0.39 is 5.54 Å². The normalized spacial score (nSPS) is 21.7. The van der Waals surface area contributed by atoms with Crippen LogP contribution >= 0.6 is 0 Å². The number of aromatic nitrogens is 1. The van der Waals surface area contributed by atoms with Crippen LogP contribution in [0.1, 0.15) is 29.3 Å². The number of hydrogen-bond acceptors (Lipinski definition) is 3. The third-order valence-corrected chi connectivity index (χ3v) is 6.09. The van der Waals surface area contributed by atoms with E-state index in [0.29, 0.717) is 6.54 Å². The second kappa shape index (κ2) is 6.30. The Morgan fingerprint density at radius 3 is 2.66 bits per heavy atom. The van der Waals surface area contributed by atoms with E-state index in [-0.39, 0.29) is 18.4 Å². The largest absolute Gasteiger partial charge is 0.356 e. The van der Waals surface area contributed by atoms with Crippen molar-refractivity contribution in [2.24, 2.45) is 5.10 Å². The summed E-state index contributed by atoms with van der Waals surface area (Å²) in [5, 5.41) is 6.79. The molecular formula is C23H22N4O2. The first kappa shape index (κ1) is 17.7. The van der Waals surface area contributed by atoms with Crippen LogP contribution in [0.3, 0.4) is 0 Å². The van der Waals surface area contributed by atoms with E-state index in [1.165, 1.54) is 5.01 Å². The third kappa shape index (κ3) is 2.59. The number of aromatic amines is 1. The van der Waals surface area contributed by atoms with E-state index in [1.807, 2.05) is 56.3 Å². The van der Waals surface area contributed by atoms with E-state index in [2.05, 4.69) is 16.2 Å². The second-order valence-electron chi connectivity index (χ2n) is 7.91. The van der Waals surface area contributed by atoms with E-state index in [9.17, 15) is 9.59 Å². The summed E-state index contributed by atoms with van der Waals surface area (Å²) in [7, 11) is 0. The first-order chi connectivity index (χ1) is 14.0. The fraction of sp³-hybridized carbons (Fsp3) is 0.261. The minimum atomic E-state index is -1.08. The zero-order valence-corrected chi connectivity index (χ0v) is 16.5. The summed E-state index contributed by atoms with van der Waals surface area (Å²) in [6.07, 6.45) is 2.37. The summed E-state index contributed by atoms with van der Waals surface area (Å²) in [5.74, 6) is -0.273. The maximum absolute atomic E-state index is 13.5. The number of hydrogen-bond donors (Lipinski definition) is 1. The van der Waals surface area contributed by atoms with Crippen LogP contribution in [0, 0.1) is 6.92 Å². The number of fused-ring (bicyclic) bond motifs is 5. The molecule has 5 rings (SSSR count). The average molecular weight is 386 g/mol. The van der Waals surface area contributed by atoms with Gasteiger partial charge in [0, 0.05) is 17.4 Å². The fourth-order valence-electron chi connectivity index (χ4n) is 4.47. The Balaban J connectivity index is 1.56. The SMILES string of the molecule is Cc1ccc(/C=N\N2CC(=O)N3CCc4c([nH]c5ccccc45)[C@@]3(C)C2=O)cc1. The highest BCUT2D eigenvalue weighted by Gasteiger charge is 2.54. The van der Waals surface area contributed by atoms with Gasteiger partial charge in [0.2, 0.25) is 5.91 Å². The van der Waals surface area contributed by atoms with Gasteiger partial charge < -0.3 is 9.88 Å². The molecule has 1 N–H and O–H groups in total. The Hall–Kier alpha value is -3.41. The smallest absolute Gasteiger partial charge is 0.275 e. The number of carbonyl (C=O) groups is 2. The minimum Gasteiger partial charge on any atom is -0.356 e. The van der Waals surface area contributed by atoms with Crippen LogP contribution in [0.5, 0.6) is 0 Å². The minimum absolute atomic E-state index is 0.0354. The van der Waals surface area contributed by atoms with Crippen molar-refractivity contribution in [1.82, 2.24) is 14.9 Å². The number of amides is 2. The molecule has 3 heterocycles. The van der Waals surface area contributed by atoms with Gasteiger partial charge in [-0.15, -0.1) is 0 Å². The molecule has 0 aliphatic carbocycles. The number of aryl methyl sites for hydroxylation is 1. The lowest BCUT2D eigenvalue weighted by Crippen LogP contribution is -2.65. The molecule has 2 aliphatic rings. The van der Waals surface area contributed by atoms with E-state index in [1.54, 1.807) is 11.1 Å². The topological polar surface area (TPSA) is 68.8 Å². The summed E-state index contributed by atoms with van der Waals surface area (Å²) in [5.41, 5.74) is 3.87. The molecule has 1 fully saturated rings. The summed E-state index contributed by atoms with van der Waals surface area (Å²) >= 11 is 0. The maximum atomic E-state index is 13.5. The molecule has 2 aromatic carbocycles. The van der Waals surface area contributed by atoms with Crippen LogP contribution in [-0.4, -0.2) is 46.0 Å². The molecule has 6 nitrogen and oxygen atoms in total. The van der Waals surface area contributed by atoms with Crippen LogP contribution in [0.4, 0.5) is 0 Å². The molecular weight excluding hydrogens is 364 g/mol. The fourth-order valence-corrected chi connectivity index (χ4v) is 4.47. The maximum Gasteiger partial charge on any atom is 0.275 e. The van der Waals surface area contributed by atoms with Crippen LogP contribution in [0.25, 0.3) is 10.9 Å². The first-order valence-electron chi connectivity index (χ1n) is 9.81. The van der Waals surface area contributed by atoms with Crippen LogP contribution in [-0.2, 0) is 21.5 Å². The number of nitrogens with zero attached hydrogens (tertiary/aromatic N) is 3. The number of para-hydroxylation sites is 1. The van der Waals surface area contributed by atoms with Crippen molar-refractivity contribution in [2.75, 3.05) is 13.1 Å². The molecule has 29 heavy (non-hydrogen) atoms. The van der Waals surface area contributed by atoms with Crippen LogP contribution < -0.4 is 0 Å². The van der Waals surface area contributed by atoms with E-state index >= 15 is 0 Å². The van der Waals surface area contributed by atoms with Gasteiger partial charge in [0.05, 0.1) is 11.9 Å². The predicted molar refractivity (Wildman–Crippen MR) is 112 cm³/mol. The van der Waals surface area contributed by atoms with Gasteiger partial charge in [-0.25, -0.2) is 5.01 Å². The molecule has 1 aromatic heterocycles.